The van der Waals surface area contributed by atoms with Crippen molar-refractivity contribution in [1.29, 1.82) is 5.26 Å². The fourth-order valence-electron chi connectivity index (χ4n) is 5.49. The van der Waals surface area contributed by atoms with Gasteiger partial charge in [0.25, 0.3) is 5.91 Å². The summed E-state index contributed by atoms with van der Waals surface area (Å²) in [5.41, 5.74) is 12.4. The van der Waals surface area contributed by atoms with E-state index in [-0.39, 0.29) is 11.9 Å². The highest BCUT2D eigenvalue weighted by molar-refractivity contribution is 6.36. The van der Waals surface area contributed by atoms with Crippen LogP contribution in [0.15, 0.2) is 66.9 Å². The SMILES string of the molecule is Cc1ccc(Nc2c(C#N)cnc3c(Cl)cc(N[C@H](C4=CN(C(C)C)NN4)c4cncc(C(=O)N5CCCC5)c4)cc23)cc1Cl. The Kier molecular flexibility index (Phi) is 8.67. The van der Waals surface area contributed by atoms with Gasteiger partial charge in [0.05, 0.1) is 39.1 Å². The van der Waals surface area contributed by atoms with Crippen LogP contribution in [0.3, 0.4) is 0 Å². The minimum atomic E-state index is -0.437. The van der Waals surface area contributed by atoms with Gasteiger partial charge in [0.2, 0.25) is 0 Å². The van der Waals surface area contributed by atoms with Crippen molar-refractivity contribution in [2.75, 3.05) is 23.7 Å². The topological polar surface area (TPSA) is 121 Å². The molecule has 6 rings (SSSR count). The summed E-state index contributed by atoms with van der Waals surface area (Å²) in [7, 11) is 0. The van der Waals surface area contributed by atoms with E-state index in [0.717, 1.165) is 48.4 Å². The Hall–Kier alpha value is -4.56. The summed E-state index contributed by atoms with van der Waals surface area (Å²) in [5.74, 6) is -0.0216. The molecule has 0 aliphatic carbocycles. The standard InChI is InChI=1S/C33H33Cl2N9O/c1-19(2)44-18-29(41-42-44)31(21-10-22(16-37-15-21)33(45)43-8-4-5-9-43)40-25-11-26-30(39-24-7-6-20(3)27(34)12-24)23(14-36)17-38-32(26)28(35)13-25/h6-7,10-13,15-19,31,40-42H,4-5,8-9H2,1-3H3,(H,38,39)/t31-/m0/s1. The molecule has 4 heterocycles. The number of likely N-dealkylation sites (tertiary alicyclic amines) is 1. The van der Waals surface area contributed by atoms with Crippen molar-refractivity contribution >= 4 is 57.1 Å². The Morgan fingerprint density at radius 2 is 1.82 bits per heavy atom. The van der Waals surface area contributed by atoms with Crippen molar-refractivity contribution in [3.05, 3.63) is 99.2 Å². The zero-order valence-corrected chi connectivity index (χ0v) is 26.7. The van der Waals surface area contributed by atoms with Crippen LogP contribution in [0.25, 0.3) is 10.9 Å². The van der Waals surface area contributed by atoms with E-state index in [0.29, 0.717) is 43.4 Å². The van der Waals surface area contributed by atoms with Gasteiger partial charge in [-0.25, -0.2) is 0 Å². The number of nitriles is 1. The number of benzene rings is 2. The lowest BCUT2D eigenvalue weighted by atomic mass is 10.0. The maximum absolute atomic E-state index is 13.3. The van der Waals surface area contributed by atoms with Gasteiger partial charge in [-0.15, -0.1) is 5.53 Å². The van der Waals surface area contributed by atoms with Crippen molar-refractivity contribution in [3.8, 4) is 6.07 Å². The van der Waals surface area contributed by atoms with E-state index in [4.69, 9.17) is 23.2 Å². The van der Waals surface area contributed by atoms with Crippen molar-refractivity contribution in [1.82, 2.24) is 30.8 Å². The molecular weight excluding hydrogens is 609 g/mol. The molecule has 1 fully saturated rings. The number of hydrazine groups is 2. The molecule has 1 saturated heterocycles. The van der Waals surface area contributed by atoms with Crippen LogP contribution in [0.4, 0.5) is 17.1 Å². The number of hydrogen-bond donors (Lipinski definition) is 4. The molecule has 2 aromatic heterocycles. The van der Waals surface area contributed by atoms with Crippen LogP contribution in [0, 0.1) is 18.3 Å². The average molecular weight is 643 g/mol. The molecule has 45 heavy (non-hydrogen) atoms. The second-order valence-electron chi connectivity index (χ2n) is 11.5. The summed E-state index contributed by atoms with van der Waals surface area (Å²) in [6.45, 7) is 7.59. The third-order valence-electron chi connectivity index (χ3n) is 8.01. The smallest absolute Gasteiger partial charge is 0.255 e. The monoisotopic (exact) mass is 641 g/mol. The summed E-state index contributed by atoms with van der Waals surface area (Å²) in [4.78, 5) is 24.1. The van der Waals surface area contributed by atoms with Crippen LogP contribution in [0.1, 0.15) is 59.8 Å². The van der Waals surface area contributed by atoms with E-state index in [9.17, 15) is 10.1 Å². The number of nitrogens with zero attached hydrogens (tertiary/aromatic N) is 5. The molecule has 1 amide bonds. The quantitative estimate of drug-likeness (QED) is 0.164. The fraction of sp³-hybridized carbons (Fsp3) is 0.273. The Labute approximate surface area is 272 Å². The summed E-state index contributed by atoms with van der Waals surface area (Å²) >= 11 is 13.2. The first-order valence-electron chi connectivity index (χ1n) is 14.8. The number of nitrogens with one attached hydrogen (secondary N) is 4. The van der Waals surface area contributed by atoms with Gasteiger partial charge in [-0.2, -0.15) is 5.26 Å². The number of aromatic nitrogens is 2. The van der Waals surface area contributed by atoms with Crippen LogP contribution in [-0.2, 0) is 0 Å². The molecule has 2 aromatic carbocycles. The number of anilines is 3. The molecule has 12 heteroatoms. The van der Waals surface area contributed by atoms with Gasteiger partial charge in [0.15, 0.2) is 0 Å². The Balaban J connectivity index is 1.42. The molecule has 1 atom stereocenters. The molecule has 0 spiro atoms. The van der Waals surface area contributed by atoms with Gasteiger partial charge in [-0.05, 0) is 75.1 Å². The van der Waals surface area contributed by atoms with E-state index in [1.165, 1.54) is 6.20 Å². The van der Waals surface area contributed by atoms with Gasteiger partial charge < -0.3 is 21.0 Å². The second kappa shape index (κ2) is 12.8. The highest BCUT2D eigenvalue weighted by atomic mass is 35.5. The molecule has 2 aliphatic rings. The normalized spacial score (nSPS) is 15.2. The predicted octanol–water partition coefficient (Wildman–Crippen LogP) is 6.82. The minimum absolute atomic E-state index is 0.0216. The van der Waals surface area contributed by atoms with Crippen molar-refractivity contribution < 1.29 is 4.79 Å². The number of rotatable bonds is 8. The van der Waals surface area contributed by atoms with Gasteiger partial charge in [0, 0.05) is 65.7 Å². The first-order valence-corrected chi connectivity index (χ1v) is 15.6. The molecule has 0 radical (unpaired) electrons. The molecule has 0 bridgehead atoms. The van der Waals surface area contributed by atoms with Crippen LogP contribution < -0.4 is 21.6 Å². The second-order valence-corrected chi connectivity index (χ2v) is 12.3. The van der Waals surface area contributed by atoms with E-state index >= 15 is 0 Å². The highest BCUT2D eigenvalue weighted by Gasteiger charge is 2.27. The number of hydrogen-bond acceptors (Lipinski definition) is 9. The van der Waals surface area contributed by atoms with Gasteiger partial charge in [-0.3, -0.25) is 19.8 Å². The van der Waals surface area contributed by atoms with Crippen LogP contribution >= 0.6 is 23.2 Å². The maximum atomic E-state index is 13.3. The highest BCUT2D eigenvalue weighted by Crippen LogP contribution is 2.37. The lowest BCUT2D eigenvalue weighted by Gasteiger charge is -2.23. The summed E-state index contributed by atoms with van der Waals surface area (Å²) in [6.07, 6.45) is 8.89. The molecule has 0 unspecified atom stereocenters. The Bertz CT molecular complexity index is 1850. The molecule has 230 valence electrons. The molecule has 10 nitrogen and oxygen atoms in total. The number of pyridine rings is 2. The first-order chi connectivity index (χ1) is 21.7. The van der Waals surface area contributed by atoms with Gasteiger partial charge in [0.1, 0.15) is 6.07 Å². The minimum Gasteiger partial charge on any atom is -0.373 e. The number of aryl methyl sites for hydroxylation is 1. The molecule has 0 saturated carbocycles. The van der Waals surface area contributed by atoms with Crippen LogP contribution in [-0.4, -0.2) is 44.9 Å². The number of fused-ring (bicyclic) bond motifs is 1. The molecule has 2 aliphatic heterocycles. The number of halogens is 2. The van der Waals surface area contributed by atoms with Crippen molar-refractivity contribution in [2.45, 2.75) is 45.7 Å². The summed E-state index contributed by atoms with van der Waals surface area (Å²) in [5, 5.41) is 20.6. The third kappa shape index (κ3) is 6.33. The first kappa shape index (κ1) is 30.5. The summed E-state index contributed by atoms with van der Waals surface area (Å²) < 4.78 is 0. The zero-order chi connectivity index (χ0) is 31.7. The Morgan fingerprint density at radius 1 is 1.04 bits per heavy atom. The van der Waals surface area contributed by atoms with E-state index in [1.807, 2.05) is 53.4 Å². The molecule has 4 N–H and O–H groups in total. The fourth-order valence-corrected chi connectivity index (χ4v) is 5.94. The zero-order valence-electron chi connectivity index (χ0n) is 25.2. The number of carbonyl (C=O) groups is 1. The van der Waals surface area contributed by atoms with E-state index in [1.54, 1.807) is 18.5 Å². The average Bonchev–Trinajstić information content (AvgIpc) is 3.75. The van der Waals surface area contributed by atoms with Gasteiger partial charge in [-0.1, -0.05) is 29.3 Å². The van der Waals surface area contributed by atoms with E-state index < -0.39 is 6.04 Å². The lowest BCUT2D eigenvalue weighted by Crippen LogP contribution is -2.41. The summed E-state index contributed by atoms with van der Waals surface area (Å²) in [6, 6.07) is 13.2. The maximum Gasteiger partial charge on any atom is 0.255 e. The van der Waals surface area contributed by atoms with Gasteiger partial charge >= 0.3 is 0 Å². The Morgan fingerprint density at radius 3 is 2.53 bits per heavy atom. The lowest BCUT2D eigenvalue weighted by molar-refractivity contribution is 0.0792. The molecule has 4 aromatic rings. The van der Waals surface area contributed by atoms with E-state index in [2.05, 4.69) is 51.5 Å². The molecular formula is C33H33Cl2N9O. The largest absolute Gasteiger partial charge is 0.373 e. The number of carbonyl (C=O) groups excluding carboxylic acids is 1. The van der Waals surface area contributed by atoms with Crippen molar-refractivity contribution in [2.24, 2.45) is 0 Å². The van der Waals surface area contributed by atoms with Crippen LogP contribution in [0.2, 0.25) is 10.0 Å². The van der Waals surface area contributed by atoms with Crippen LogP contribution in [0.5, 0.6) is 0 Å². The number of amides is 1. The van der Waals surface area contributed by atoms with Crippen molar-refractivity contribution in [3.63, 3.8) is 0 Å². The third-order valence-corrected chi connectivity index (χ3v) is 8.70. The predicted molar refractivity (Wildman–Crippen MR) is 178 cm³/mol.